The van der Waals surface area contributed by atoms with Gasteiger partial charge in [0.1, 0.15) is 0 Å². The molecule has 144 valence electrons. The standard InChI is InChI=1S/C18H32N4O2.ClH/c19-14-7-9-16(10-8-14)20-17(23)13-4-3-11-22(12-13)18(24)21-15-5-1-2-6-15;/h13-16H,1-12,19H2,(H,20,23)(H,21,24);1H. The quantitative estimate of drug-likeness (QED) is 0.709. The monoisotopic (exact) mass is 372 g/mol. The van der Waals surface area contributed by atoms with Gasteiger partial charge in [-0.15, -0.1) is 12.4 Å². The average Bonchev–Trinajstić information content (AvgIpc) is 3.10. The molecular weight excluding hydrogens is 340 g/mol. The molecule has 3 fully saturated rings. The smallest absolute Gasteiger partial charge is 0.317 e. The van der Waals surface area contributed by atoms with Crippen LogP contribution in [0.3, 0.4) is 0 Å². The van der Waals surface area contributed by atoms with E-state index in [9.17, 15) is 9.59 Å². The molecule has 3 rings (SSSR count). The van der Waals surface area contributed by atoms with Gasteiger partial charge in [-0.25, -0.2) is 4.79 Å². The third kappa shape index (κ3) is 5.74. The van der Waals surface area contributed by atoms with Gasteiger partial charge in [0, 0.05) is 31.2 Å². The Labute approximate surface area is 157 Å². The fourth-order valence-electron chi connectivity index (χ4n) is 4.29. The zero-order valence-corrected chi connectivity index (χ0v) is 15.9. The third-order valence-electron chi connectivity index (χ3n) is 5.88. The number of hydrogen-bond donors (Lipinski definition) is 3. The number of rotatable bonds is 3. The lowest BCUT2D eigenvalue weighted by Crippen LogP contribution is -2.52. The molecule has 3 amide bonds. The number of nitrogens with two attached hydrogens (primary N) is 1. The Balaban J connectivity index is 0.00000225. The number of amides is 3. The SMILES string of the molecule is Cl.NC1CCC(NC(=O)C2CCCN(C(=O)NC3CCCC3)C2)CC1. The highest BCUT2D eigenvalue weighted by Crippen LogP contribution is 2.22. The second-order valence-corrected chi connectivity index (χ2v) is 7.84. The van der Waals surface area contributed by atoms with Gasteiger partial charge in [0.15, 0.2) is 0 Å². The first-order chi connectivity index (χ1) is 11.6. The van der Waals surface area contributed by atoms with Gasteiger partial charge in [0.25, 0.3) is 0 Å². The molecule has 25 heavy (non-hydrogen) atoms. The van der Waals surface area contributed by atoms with Crippen LogP contribution in [-0.2, 0) is 4.79 Å². The predicted molar refractivity (Wildman–Crippen MR) is 101 cm³/mol. The van der Waals surface area contributed by atoms with Gasteiger partial charge in [0.05, 0.1) is 5.92 Å². The number of piperidine rings is 1. The molecule has 1 heterocycles. The highest BCUT2D eigenvalue weighted by molar-refractivity contribution is 5.85. The first kappa shape index (κ1) is 20.3. The Morgan fingerprint density at radius 1 is 0.840 bits per heavy atom. The second-order valence-electron chi connectivity index (χ2n) is 7.84. The molecule has 0 aromatic heterocycles. The van der Waals surface area contributed by atoms with Gasteiger partial charge in [-0.2, -0.15) is 0 Å². The van der Waals surface area contributed by atoms with Gasteiger partial charge >= 0.3 is 6.03 Å². The van der Waals surface area contributed by atoms with E-state index in [4.69, 9.17) is 5.73 Å². The van der Waals surface area contributed by atoms with Crippen LogP contribution < -0.4 is 16.4 Å². The van der Waals surface area contributed by atoms with Crippen molar-refractivity contribution in [3.8, 4) is 0 Å². The molecule has 2 saturated carbocycles. The largest absolute Gasteiger partial charge is 0.353 e. The van der Waals surface area contributed by atoms with Crippen molar-refractivity contribution in [2.75, 3.05) is 13.1 Å². The van der Waals surface area contributed by atoms with Crippen LogP contribution in [0, 0.1) is 5.92 Å². The number of carbonyl (C=O) groups is 2. The summed E-state index contributed by atoms with van der Waals surface area (Å²) in [7, 11) is 0. The van der Waals surface area contributed by atoms with Crippen molar-refractivity contribution in [2.24, 2.45) is 11.7 Å². The molecule has 3 aliphatic rings. The van der Waals surface area contributed by atoms with E-state index in [1.807, 2.05) is 4.90 Å². The van der Waals surface area contributed by atoms with E-state index in [1.54, 1.807) is 0 Å². The summed E-state index contributed by atoms with van der Waals surface area (Å²) in [5.74, 6) is 0.0533. The van der Waals surface area contributed by atoms with Gasteiger partial charge < -0.3 is 21.3 Å². The Hall–Kier alpha value is -1.01. The van der Waals surface area contributed by atoms with Crippen LogP contribution in [0.15, 0.2) is 0 Å². The van der Waals surface area contributed by atoms with Crippen LogP contribution in [0.1, 0.15) is 64.2 Å². The lowest BCUT2D eigenvalue weighted by molar-refractivity contribution is -0.127. The van der Waals surface area contributed by atoms with Crippen molar-refractivity contribution >= 4 is 24.3 Å². The first-order valence-corrected chi connectivity index (χ1v) is 9.73. The minimum absolute atomic E-state index is 0. The number of urea groups is 1. The van der Waals surface area contributed by atoms with Gasteiger partial charge in [-0.1, -0.05) is 12.8 Å². The average molecular weight is 373 g/mol. The highest BCUT2D eigenvalue weighted by atomic mass is 35.5. The van der Waals surface area contributed by atoms with E-state index >= 15 is 0 Å². The molecule has 0 radical (unpaired) electrons. The minimum Gasteiger partial charge on any atom is -0.353 e. The van der Waals surface area contributed by atoms with Crippen LogP contribution in [0.2, 0.25) is 0 Å². The molecule has 0 aromatic carbocycles. The van der Waals surface area contributed by atoms with E-state index in [-0.39, 0.29) is 36.3 Å². The van der Waals surface area contributed by atoms with Crippen molar-refractivity contribution < 1.29 is 9.59 Å². The molecule has 0 spiro atoms. The maximum absolute atomic E-state index is 12.6. The van der Waals surface area contributed by atoms with Gasteiger partial charge in [0.2, 0.25) is 5.91 Å². The van der Waals surface area contributed by atoms with Crippen LogP contribution in [0.25, 0.3) is 0 Å². The van der Waals surface area contributed by atoms with Crippen LogP contribution in [-0.4, -0.2) is 48.1 Å². The summed E-state index contributed by atoms with van der Waals surface area (Å²) in [5.41, 5.74) is 5.93. The Morgan fingerprint density at radius 3 is 2.16 bits per heavy atom. The summed E-state index contributed by atoms with van der Waals surface area (Å²) in [5, 5.41) is 6.32. The zero-order chi connectivity index (χ0) is 16.9. The minimum atomic E-state index is -0.0660. The molecule has 1 unspecified atom stereocenters. The number of hydrogen-bond acceptors (Lipinski definition) is 3. The zero-order valence-electron chi connectivity index (χ0n) is 15.0. The van der Waals surface area contributed by atoms with Crippen LogP contribution >= 0.6 is 12.4 Å². The van der Waals surface area contributed by atoms with Gasteiger partial charge in [-0.3, -0.25) is 4.79 Å². The molecule has 1 atom stereocenters. The van der Waals surface area contributed by atoms with E-state index < -0.39 is 0 Å². The molecule has 2 aliphatic carbocycles. The number of halogens is 1. The summed E-state index contributed by atoms with van der Waals surface area (Å²) in [4.78, 5) is 26.8. The Bertz CT molecular complexity index is 448. The van der Waals surface area contributed by atoms with Crippen LogP contribution in [0.4, 0.5) is 4.79 Å². The molecule has 4 N–H and O–H groups in total. The number of carbonyl (C=O) groups excluding carboxylic acids is 2. The lowest BCUT2D eigenvalue weighted by Gasteiger charge is -2.34. The van der Waals surface area contributed by atoms with Gasteiger partial charge in [-0.05, 0) is 51.4 Å². The topological polar surface area (TPSA) is 87.5 Å². The fraction of sp³-hybridized carbons (Fsp3) is 0.889. The Morgan fingerprint density at radius 2 is 1.48 bits per heavy atom. The van der Waals surface area contributed by atoms with E-state index in [2.05, 4.69) is 10.6 Å². The fourth-order valence-corrected chi connectivity index (χ4v) is 4.29. The summed E-state index contributed by atoms with van der Waals surface area (Å²) in [6.45, 7) is 1.32. The maximum Gasteiger partial charge on any atom is 0.317 e. The summed E-state index contributed by atoms with van der Waals surface area (Å²) in [6, 6.07) is 0.906. The van der Waals surface area contributed by atoms with Crippen molar-refractivity contribution in [1.82, 2.24) is 15.5 Å². The normalized spacial score (nSPS) is 30.4. The molecule has 7 heteroatoms. The molecule has 1 saturated heterocycles. The molecule has 6 nitrogen and oxygen atoms in total. The van der Waals surface area contributed by atoms with Crippen molar-refractivity contribution in [2.45, 2.75) is 82.3 Å². The van der Waals surface area contributed by atoms with Crippen molar-refractivity contribution in [1.29, 1.82) is 0 Å². The van der Waals surface area contributed by atoms with E-state index in [0.29, 0.717) is 18.6 Å². The van der Waals surface area contributed by atoms with Crippen molar-refractivity contribution in [3.63, 3.8) is 0 Å². The highest BCUT2D eigenvalue weighted by Gasteiger charge is 2.31. The molecule has 0 aromatic rings. The number of likely N-dealkylation sites (tertiary alicyclic amines) is 1. The summed E-state index contributed by atoms with van der Waals surface area (Å²) < 4.78 is 0. The van der Waals surface area contributed by atoms with E-state index in [0.717, 1.165) is 57.9 Å². The lowest BCUT2D eigenvalue weighted by atomic mass is 9.90. The maximum atomic E-state index is 12.6. The Kier molecular flexibility index (Phi) is 7.81. The summed E-state index contributed by atoms with van der Waals surface area (Å²) in [6.07, 6.45) is 10.3. The molecule has 0 bridgehead atoms. The third-order valence-corrected chi connectivity index (χ3v) is 5.88. The van der Waals surface area contributed by atoms with Crippen LogP contribution in [0.5, 0.6) is 0 Å². The molecular formula is C18H33ClN4O2. The summed E-state index contributed by atoms with van der Waals surface area (Å²) >= 11 is 0. The number of nitrogens with one attached hydrogen (secondary N) is 2. The second kappa shape index (κ2) is 9.62. The van der Waals surface area contributed by atoms with Crippen molar-refractivity contribution in [3.05, 3.63) is 0 Å². The van der Waals surface area contributed by atoms with E-state index in [1.165, 1.54) is 12.8 Å². The molecule has 1 aliphatic heterocycles. The first-order valence-electron chi connectivity index (χ1n) is 9.73. The number of nitrogens with zero attached hydrogens (tertiary/aromatic N) is 1. The predicted octanol–water partition coefficient (Wildman–Crippen LogP) is 2.16.